The van der Waals surface area contributed by atoms with Gasteiger partial charge in [-0.2, -0.15) is 0 Å². The molecule has 2 nitrogen and oxygen atoms in total. The van der Waals surface area contributed by atoms with Crippen molar-refractivity contribution in [2.75, 3.05) is 6.54 Å². The van der Waals surface area contributed by atoms with E-state index in [9.17, 15) is 0 Å². The van der Waals surface area contributed by atoms with E-state index in [-0.39, 0.29) is 0 Å². The Kier molecular flexibility index (Phi) is 4.89. The molecule has 0 saturated carbocycles. The van der Waals surface area contributed by atoms with Gasteiger partial charge in [-0.3, -0.25) is 0 Å². The van der Waals surface area contributed by atoms with Crippen LogP contribution < -0.4 is 5.32 Å². The van der Waals surface area contributed by atoms with Crippen LogP contribution in [0.25, 0.3) is 0 Å². The maximum atomic E-state index is 5.38. The van der Waals surface area contributed by atoms with Crippen LogP contribution in [0.1, 0.15) is 51.0 Å². The Bertz CT molecular complexity index is 280. The molecule has 0 amide bonds. The van der Waals surface area contributed by atoms with Crippen LogP contribution in [0.15, 0.2) is 16.7 Å². The maximum absolute atomic E-state index is 5.38. The van der Waals surface area contributed by atoms with Crippen LogP contribution >= 0.6 is 0 Å². The van der Waals surface area contributed by atoms with E-state index in [4.69, 9.17) is 4.42 Å². The molecule has 2 heteroatoms. The molecule has 15 heavy (non-hydrogen) atoms. The number of nitrogens with one attached hydrogen (secondary N) is 1. The third-order valence-corrected chi connectivity index (χ3v) is 3.06. The smallest absolute Gasteiger partial charge is 0.105 e. The second-order valence-corrected chi connectivity index (χ2v) is 4.25. The molecule has 0 spiro atoms. The van der Waals surface area contributed by atoms with E-state index in [2.05, 4.69) is 32.2 Å². The molecule has 1 rings (SSSR count). The van der Waals surface area contributed by atoms with Gasteiger partial charge in [0.2, 0.25) is 0 Å². The van der Waals surface area contributed by atoms with Crippen LogP contribution in [0.3, 0.4) is 0 Å². The molecular formula is C13H23NO. The lowest BCUT2D eigenvalue weighted by atomic mass is 9.92. The first-order valence-corrected chi connectivity index (χ1v) is 5.98. The number of hydrogen-bond donors (Lipinski definition) is 1. The topological polar surface area (TPSA) is 25.2 Å². The molecule has 0 fully saturated rings. The molecule has 0 aromatic carbocycles. The zero-order chi connectivity index (χ0) is 11.3. The first kappa shape index (κ1) is 12.3. The van der Waals surface area contributed by atoms with Gasteiger partial charge in [-0.15, -0.1) is 0 Å². The van der Waals surface area contributed by atoms with Gasteiger partial charge in [0.05, 0.1) is 6.26 Å². The molecule has 0 saturated heterocycles. The Morgan fingerprint density at radius 3 is 2.60 bits per heavy atom. The Morgan fingerprint density at radius 2 is 2.13 bits per heavy atom. The third kappa shape index (κ3) is 3.10. The molecule has 1 aromatic heterocycles. The quantitative estimate of drug-likeness (QED) is 0.773. The fourth-order valence-corrected chi connectivity index (χ4v) is 1.87. The summed E-state index contributed by atoms with van der Waals surface area (Å²) in [6, 6.07) is 2.53. The molecular weight excluding hydrogens is 186 g/mol. The Hall–Kier alpha value is -0.760. The van der Waals surface area contributed by atoms with Crippen molar-refractivity contribution in [3.63, 3.8) is 0 Å². The van der Waals surface area contributed by atoms with Gasteiger partial charge >= 0.3 is 0 Å². The molecule has 0 aliphatic heterocycles. The monoisotopic (exact) mass is 209 g/mol. The minimum atomic E-state index is 0.439. The second-order valence-electron chi connectivity index (χ2n) is 4.25. The maximum Gasteiger partial charge on any atom is 0.105 e. The summed E-state index contributed by atoms with van der Waals surface area (Å²) < 4.78 is 5.38. The standard InChI is InChI=1S/C13H23NO/c1-5-8-14-13(10(3)6-2)12-7-9-15-11(12)4/h7,9-10,13-14H,5-6,8H2,1-4H3. The van der Waals surface area contributed by atoms with Crippen molar-refractivity contribution in [1.82, 2.24) is 5.32 Å². The molecule has 0 bridgehead atoms. The number of furan rings is 1. The van der Waals surface area contributed by atoms with Crippen molar-refractivity contribution in [2.24, 2.45) is 5.92 Å². The molecule has 2 unspecified atom stereocenters. The average Bonchev–Trinajstić information content (AvgIpc) is 2.65. The van der Waals surface area contributed by atoms with Crippen molar-refractivity contribution in [2.45, 2.75) is 46.6 Å². The highest BCUT2D eigenvalue weighted by Crippen LogP contribution is 2.27. The Morgan fingerprint density at radius 1 is 1.40 bits per heavy atom. The predicted octanol–water partition coefficient (Wildman–Crippen LogP) is 3.67. The van der Waals surface area contributed by atoms with E-state index in [1.807, 2.05) is 6.92 Å². The van der Waals surface area contributed by atoms with Crippen molar-refractivity contribution in [3.05, 3.63) is 23.7 Å². The average molecular weight is 209 g/mol. The summed E-state index contributed by atoms with van der Waals surface area (Å²) in [7, 11) is 0. The second kappa shape index (κ2) is 5.96. The number of aryl methyl sites for hydroxylation is 1. The normalized spacial score (nSPS) is 15.2. The third-order valence-electron chi connectivity index (χ3n) is 3.06. The van der Waals surface area contributed by atoms with E-state index in [0.29, 0.717) is 12.0 Å². The lowest BCUT2D eigenvalue weighted by molar-refractivity contribution is 0.371. The minimum absolute atomic E-state index is 0.439. The predicted molar refractivity (Wildman–Crippen MR) is 63.9 cm³/mol. The summed E-state index contributed by atoms with van der Waals surface area (Å²) in [5.74, 6) is 1.69. The summed E-state index contributed by atoms with van der Waals surface area (Å²) in [5.41, 5.74) is 1.32. The summed E-state index contributed by atoms with van der Waals surface area (Å²) in [6.07, 6.45) is 4.14. The molecule has 0 aliphatic rings. The van der Waals surface area contributed by atoms with E-state index < -0.39 is 0 Å². The largest absolute Gasteiger partial charge is 0.469 e. The Balaban J connectivity index is 2.76. The number of rotatable bonds is 6. The lowest BCUT2D eigenvalue weighted by Crippen LogP contribution is -2.27. The van der Waals surface area contributed by atoms with Crippen LogP contribution in [0.5, 0.6) is 0 Å². The van der Waals surface area contributed by atoms with Gasteiger partial charge in [-0.25, -0.2) is 0 Å². The summed E-state index contributed by atoms with van der Waals surface area (Å²) in [5, 5.41) is 3.60. The van der Waals surface area contributed by atoms with Crippen LogP contribution in [-0.4, -0.2) is 6.54 Å². The van der Waals surface area contributed by atoms with E-state index in [1.165, 1.54) is 18.4 Å². The van der Waals surface area contributed by atoms with Crippen molar-refractivity contribution < 1.29 is 4.42 Å². The fraction of sp³-hybridized carbons (Fsp3) is 0.692. The van der Waals surface area contributed by atoms with Gasteiger partial charge in [-0.05, 0) is 31.9 Å². The highest BCUT2D eigenvalue weighted by Gasteiger charge is 2.20. The molecule has 1 heterocycles. The molecule has 2 atom stereocenters. The van der Waals surface area contributed by atoms with E-state index in [1.54, 1.807) is 6.26 Å². The zero-order valence-electron chi connectivity index (χ0n) is 10.3. The number of hydrogen-bond acceptors (Lipinski definition) is 2. The van der Waals surface area contributed by atoms with Crippen LogP contribution in [0.2, 0.25) is 0 Å². The first-order chi connectivity index (χ1) is 7.20. The first-order valence-electron chi connectivity index (χ1n) is 5.98. The highest BCUT2D eigenvalue weighted by molar-refractivity contribution is 5.20. The fourth-order valence-electron chi connectivity index (χ4n) is 1.87. The summed E-state index contributed by atoms with van der Waals surface area (Å²) in [4.78, 5) is 0. The molecule has 0 radical (unpaired) electrons. The van der Waals surface area contributed by atoms with Gasteiger partial charge in [0.25, 0.3) is 0 Å². The summed E-state index contributed by atoms with van der Waals surface area (Å²) >= 11 is 0. The lowest BCUT2D eigenvalue weighted by Gasteiger charge is -2.24. The molecule has 1 aromatic rings. The minimum Gasteiger partial charge on any atom is -0.469 e. The van der Waals surface area contributed by atoms with Gasteiger partial charge in [-0.1, -0.05) is 27.2 Å². The highest BCUT2D eigenvalue weighted by atomic mass is 16.3. The zero-order valence-corrected chi connectivity index (χ0v) is 10.3. The SMILES string of the molecule is CCCNC(c1ccoc1C)C(C)CC. The van der Waals surface area contributed by atoms with Gasteiger partial charge in [0.1, 0.15) is 5.76 Å². The van der Waals surface area contributed by atoms with E-state index in [0.717, 1.165) is 12.3 Å². The van der Waals surface area contributed by atoms with Crippen LogP contribution in [-0.2, 0) is 0 Å². The van der Waals surface area contributed by atoms with Gasteiger partial charge < -0.3 is 9.73 Å². The van der Waals surface area contributed by atoms with Crippen molar-refractivity contribution in [3.8, 4) is 0 Å². The summed E-state index contributed by atoms with van der Waals surface area (Å²) in [6.45, 7) is 9.83. The van der Waals surface area contributed by atoms with Gasteiger partial charge in [0.15, 0.2) is 0 Å². The van der Waals surface area contributed by atoms with Crippen molar-refractivity contribution in [1.29, 1.82) is 0 Å². The van der Waals surface area contributed by atoms with E-state index >= 15 is 0 Å². The molecule has 86 valence electrons. The van der Waals surface area contributed by atoms with Crippen molar-refractivity contribution >= 4 is 0 Å². The molecule has 1 N–H and O–H groups in total. The Labute approximate surface area is 93.1 Å². The molecule has 0 aliphatic carbocycles. The van der Waals surface area contributed by atoms with Crippen LogP contribution in [0, 0.1) is 12.8 Å². The van der Waals surface area contributed by atoms with Gasteiger partial charge in [0, 0.05) is 11.6 Å². The van der Waals surface area contributed by atoms with Crippen LogP contribution in [0.4, 0.5) is 0 Å².